The van der Waals surface area contributed by atoms with Crippen LogP contribution in [0, 0.1) is 16.0 Å². The summed E-state index contributed by atoms with van der Waals surface area (Å²) >= 11 is 0. The first-order chi connectivity index (χ1) is 10.1. The normalized spacial score (nSPS) is 25.0. The van der Waals surface area contributed by atoms with E-state index in [0.29, 0.717) is 12.2 Å². The van der Waals surface area contributed by atoms with Crippen molar-refractivity contribution in [2.75, 3.05) is 6.54 Å². The molecule has 2 saturated carbocycles. The Labute approximate surface area is 122 Å². The molecule has 0 bridgehead atoms. The van der Waals surface area contributed by atoms with E-state index in [9.17, 15) is 20.0 Å². The second kappa shape index (κ2) is 5.48. The summed E-state index contributed by atoms with van der Waals surface area (Å²) in [4.78, 5) is 22.7. The molecule has 1 aromatic rings. The van der Waals surface area contributed by atoms with Gasteiger partial charge in [-0.15, -0.1) is 0 Å². The molecule has 2 atom stereocenters. The van der Waals surface area contributed by atoms with E-state index in [2.05, 4.69) is 5.32 Å². The molecule has 114 valence electrons. The summed E-state index contributed by atoms with van der Waals surface area (Å²) in [5.41, 5.74) is 0.296. The number of aliphatic hydroxyl groups is 1. The molecule has 0 aromatic carbocycles. The van der Waals surface area contributed by atoms with Crippen molar-refractivity contribution in [1.29, 1.82) is 0 Å². The average Bonchev–Trinajstić information content (AvgIpc) is 3.06. The van der Waals surface area contributed by atoms with Crippen molar-refractivity contribution < 1.29 is 14.8 Å². The molecule has 0 spiro atoms. The fraction of sp³-hybridized carbons (Fsp3) is 0.643. The molecule has 2 unspecified atom stereocenters. The lowest BCUT2D eigenvalue weighted by molar-refractivity contribution is -0.384. The van der Waals surface area contributed by atoms with E-state index in [4.69, 9.17) is 0 Å². The third kappa shape index (κ3) is 2.92. The molecular formula is C14H19N3O4. The number of aromatic nitrogens is 1. The first kappa shape index (κ1) is 14.1. The Morgan fingerprint density at radius 1 is 1.43 bits per heavy atom. The van der Waals surface area contributed by atoms with Gasteiger partial charge in [0.1, 0.15) is 5.69 Å². The van der Waals surface area contributed by atoms with Gasteiger partial charge < -0.3 is 15.0 Å². The number of nitrogens with zero attached hydrogens (tertiary/aromatic N) is 2. The van der Waals surface area contributed by atoms with Crippen molar-refractivity contribution in [3.63, 3.8) is 0 Å². The first-order valence-corrected chi connectivity index (χ1v) is 7.39. The minimum atomic E-state index is -0.476. The summed E-state index contributed by atoms with van der Waals surface area (Å²) < 4.78 is 1.71. The summed E-state index contributed by atoms with van der Waals surface area (Å²) in [6.07, 6.45) is 5.66. The van der Waals surface area contributed by atoms with Crippen LogP contribution in [0.2, 0.25) is 0 Å². The minimum Gasteiger partial charge on any atom is -0.393 e. The highest BCUT2D eigenvalue weighted by atomic mass is 16.6. The van der Waals surface area contributed by atoms with Crippen LogP contribution < -0.4 is 5.32 Å². The third-order valence-electron chi connectivity index (χ3n) is 4.36. The van der Waals surface area contributed by atoms with E-state index < -0.39 is 4.92 Å². The van der Waals surface area contributed by atoms with E-state index in [0.717, 1.165) is 32.1 Å². The smallest absolute Gasteiger partial charge is 0.287 e. The molecule has 7 heteroatoms. The molecule has 1 aromatic heterocycles. The number of aliphatic hydroxyl groups excluding tert-OH is 1. The quantitative estimate of drug-likeness (QED) is 0.636. The zero-order valence-corrected chi connectivity index (χ0v) is 11.7. The zero-order chi connectivity index (χ0) is 15.0. The number of nitro groups is 1. The van der Waals surface area contributed by atoms with Gasteiger partial charge in [-0.05, 0) is 25.7 Å². The number of hydrogen-bond donors (Lipinski definition) is 2. The molecule has 0 radical (unpaired) electrons. The highest BCUT2D eigenvalue weighted by Crippen LogP contribution is 2.37. The fourth-order valence-electron chi connectivity index (χ4n) is 2.97. The second-order valence-corrected chi connectivity index (χ2v) is 5.95. The van der Waals surface area contributed by atoms with Gasteiger partial charge in [-0.3, -0.25) is 14.9 Å². The van der Waals surface area contributed by atoms with Crippen LogP contribution in [0.5, 0.6) is 0 Å². The van der Waals surface area contributed by atoms with Crippen molar-refractivity contribution in [2.24, 2.45) is 5.92 Å². The number of hydrogen-bond acceptors (Lipinski definition) is 4. The van der Waals surface area contributed by atoms with Gasteiger partial charge in [-0.1, -0.05) is 6.42 Å². The Kier molecular flexibility index (Phi) is 3.67. The molecule has 2 aliphatic carbocycles. The summed E-state index contributed by atoms with van der Waals surface area (Å²) in [6, 6.07) is 1.54. The molecule has 2 aliphatic rings. The molecule has 2 N–H and O–H groups in total. The van der Waals surface area contributed by atoms with Crippen LogP contribution >= 0.6 is 0 Å². The lowest BCUT2D eigenvalue weighted by atomic mass is 10.1. The Bertz CT molecular complexity index is 565. The van der Waals surface area contributed by atoms with Gasteiger partial charge >= 0.3 is 0 Å². The van der Waals surface area contributed by atoms with Crippen LogP contribution in [0.25, 0.3) is 0 Å². The standard InChI is InChI=1S/C14H19N3O4/c18-13-3-1-2-9(13)7-15-14(19)12-6-11(17(20)21)8-16(12)10-4-5-10/h6,8-10,13,18H,1-5,7H2,(H,15,19). The van der Waals surface area contributed by atoms with Crippen molar-refractivity contribution in [3.8, 4) is 0 Å². The van der Waals surface area contributed by atoms with Gasteiger partial charge in [0, 0.05) is 24.6 Å². The molecule has 7 nitrogen and oxygen atoms in total. The molecule has 0 aliphatic heterocycles. The number of rotatable bonds is 5. The highest BCUT2D eigenvalue weighted by molar-refractivity contribution is 5.93. The Hall–Kier alpha value is -1.89. The largest absolute Gasteiger partial charge is 0.393 e. The Morgan fingerprint density at radius 2 is 2.19 bits per heavy atom. The maximum atomic E-state index is 12.3. The van der Waals surface area contributed by atoms with Crippen molar-refractivity contribution in [3.05, 3.63) is 28.1 Å². The van der Waals surface area contributed by atoms with Crippen molar-refractivity contribution >= 4 is 11.6 Å². The zero-order valence-electron chi connectivity index (χ0n) is 11.7. The lowest BCUT2D eigenvalue weighted by Crippen LogP contribution is -2.33. The van der Waals surface area contributed by atoms with Gasteiger partial charge in [0.05, 0.1) is 17.2 Å². The van der Waals surface area contributed by atoms with E-state index in [-0.39, 0.29) is 29.7 Å². The van der Waals surface area contributed by atoms with Crippen LogP contribution in [-0.4, -0.2) is 33.2 Å². The fourth-order valence-corrected chi connectivity index (χ4v) is 2.97. The Morgan fingerprint density at radius 3 is 2.76 bits per heavy atom. The number of carbonyl (C=O) groups excluding carboxylic acids is 1. The third-order valence-corrected chi connectivity index (χ3v) is 4.36. The van der Waals surface area contributed by atoms with Gasteiger partial charge in [0.2, 0.25) is 0 Å². The predicted molar refractivity (Wildman–Crippen MR) is 75.0 cm³/mol. The van der Waals surface area contributed by atoms with Crippen molar-refractivity contribution in [2.45, 2.75) is 44.2 Å². The van der Waals surface area contributed by atoms with E-state index in [1.165, 1.54) is 12.3 Å². The predicted octanol–water partition coefficient (Wildman–Crippen LogP) is 1.62. The summed E-state index contributed by atoms with van der Waals surface area (Å²) in [7, 11) is 0. The molecule has 0 saturated heterocycles. The molecule has 2 fully saturated rings. The van der Waals surface area contributed by atoms with E-state index >= 15 is 0 Å². The average molecular weight is 293 g/mol. The minimum absolute atomic E-state index is 0.0482. The summed E-state index contributed by atoms with van der Waals surface area (Å²) in [5.74, 6) is -0.206. The van der Waals surface area contributed by atoms with Gasteiger partial charge in [-0.25, -0.2) is 0 Å². The Balaban J connectivity index is 1.70. The maximum absolute atomic E-state index is 12.3. The number of nitrogens with one attached hydrogen (secondary N) is 1. The molecule has 21 heavy (non-hydrogen) atoms. The topological polar surface area (TPSA) is 97.4 Å². The van der Waals surface area contributed by atoms with Gasteiger partial charge in [0.15, 0.2) is 0 Å². The summed E-state index contributed by atoms with van der Waals surface area (Å²) in [5, 5.41) is 23.4. The highest BCUT2D eigenvalue weighted by Gasteiger charge is 2.31. The second-order valence-electron chi connectivity index (χ2n) is 5.95. The van der Waals surface area contributed by atoms with Crippen LogP contribution in [-0.2, 0) is 0 Å². The van der Waals surface area contributed by atoms with Crippen LogP contribution in [0.1, 0.15) is 48.6 Å². The van der Waals surface area contributed by atoms with Gasteiger partial charge in [-0.2, -0.15) is 0 Å². The molecule has 1 amide bonds. The maximum Gasteiger partial charge on any atom is 0.287 e. The SMILES string of the molecule is O=C(NCC1CCCC1O)c1cc([N+](=O)[O-])cn1C1CC1. The number of amides is 1. The van der Waals surface area contributed by atoms with Gasteiger partial charge in [0.25, 0.3) is 11.6 Å². The van der Waals surface area contributed by atoms with Crippen molar-refractivity contribution in [1.82, 2.24) is 9.88 Å². The van der Waals surface area contributed by atoms with Crippen LogP contribution in [0.3, 0.4) is 0 Å². The monoisotopic (exact) mass is 293 g/mol. The van der Waals surface area contributed by atoms with Crippen LogP contribution in [0.4, 0.5) is 5.69 Å². The molecule has 3 rings (SSSR count). The molecule has 1 heterocycles. The lowest BCUT2D eigenvalue weighted by Gasteiger charge is -2.15. The van der Waals surface area contributed by atoms with E-state index in [1.807, 2.05) is 0 Å². The van der Waals surface area contributed by atoms with Crippen LogP contribution in [0.15, 0.2) is 12.3 Å². The first-order valence-electron chi connectivity index (χ1n) is 7.39. The molecular weight excluding hydrogens is 274 g/mol. The number of carbonyl (C=O) groups is 1. The van der Waals surface area contributed by atoms with E-state index in [1.54, 1.807) is 4.57 Å². The summed E-state index contributed by atoms with van der Waals surface area (Å²) in [6.45, 7) is 0.420.